The summed E-state index contributed by atoms with van der Waals surface area (Å²) in [5.74, 6) is -1.36. The van der Waals surface area contributed by atoms with Gasteiger partial charge >= 0.3 is 17.8 Å². The third-order valence-electron chi connectivity index (χ3n) is 4.46. The molecular weight excluding hydrogens is 474 g/mol. The number of benzene rings is 3. The summed E-state index contributed by atoms with van der Waals surface area (Å²) in [5.41, 5.74) is 3.42. The van der Waals surface area contributed by atoms with Crippen molar-refractivity contribution in [3.63, 3.8) is 0 Å². The maximum atomic E-state index is 12.4. The van der Waals surface area contributed by atoms with Crippen LogP contribution in [0.25, 0.3) is 0 Å². The van der Waals surface area contributed by atoms with E-state index in [1.165, 1.54) is 19.4 Å². The minimum atomic E-state index is -0.956. The fourth-order valence-corrected chi connectivity index (χ4v) is 2.93. The van der Waals surface area contributed by atoms with E-state index in [2.05, 4.69) is 15.8 Å². The van der Waals surface area contributed by atoms with Gasteiger partial charge in [-0.05, 0) is 67.1 Å². The Hall–Kier alpha value is -4.37. The highest BCUT2D eigenvalue weighted by Gasteiger charge is 2.15. The minimum Gasteiger partial charge on any atom is -0.497 e. The topological polar surface area (TPSA) is 115 Å². The SMILES string of the molecule is CCOc1cc(/C=N/NC(=O)C(=O)Nc2cccc(OC)c2)ccc1OC(=O)c1ccc(Cl)cc1. The van der Waals surface area contributed by atoms with Gasteiger partial charge < -0.3 is 19.5 Å². The van der Waals surface area contributed by atoms with Gasteiger partial charge in [-0.2, -0.15) is 5.10 Å². The lowest BCUT2D eigenvalue weighted by atomic mass is 10.2. The second-order valence-corrected chi connectivity index (χ2v) is 7.36. The molecule has 10 heteroatoms. The van der Waals surface area contributed by atoms with Crippen LogP contribution in [0.2, 0.25) is 5.02 Å². The van der Waals surface area contributed by atoms with Crippen LogP contribution in [0, 0.1) is 0 Å². The second kappa shape index (κ2) is 12.2. The fraction of sp³-hybridized carbons (Fsp3) is 0.120. The number of esters is 1. The van der Waals surface area contributed by atoms with Gasteiger partial charge in [0.05, 0.1) is 25.5 Å². The molecule has 0 bridgehead atoms. The monoisotopic (exact) mass is 495 g/mol. The van der Waals surface area contributed by atoms with E-state index in [4.69, 9.17) is 25.8 Å². The molecule has 0 radical (unpaired) electrons. The molecule has 0 heterocycles. The molecule has 0 spiro atoms. The Morgan fingerprint density at radius 1 is 0.971 bits per heavy atom. The van der Waals surface area contributed by atoms with E-state index in [1.54, 1.807) is 67.6 Å². The Bertz CT molecular complexity index is 1240. The van der Waals surface area contributed by atoms with Gasteiger partial charge in [-0.3, -0.25) is 9.59 Å². The lowest BCUT2D eigenvalue weighted by molar-refractivity contribution is -0.136. The van der Waals surface area contributed by atoms with Gasteiger partial charge in [0.25, 0.3) is 0 Å². The van der Waals surface area contributed by atoms with Crippen molar-refractivity contribution in [1.29, 1.82) is 0 Å². The number of amides is 2. The number of hydrazone groups is 1. The molecule has 3 aromatic rings. The number of nitrogens with zero attached hydrogens (tertiary/aromatic N) is 1. The van der Waals surface area contributed by atoms with Gasteiger partial charge in [-0.15, -0.1) is 0 Å². The van der Waals surface area contributed by atoms with E-state index < -0.39 is 17.8 Å². The third-order valence-corrected chi connectivity index (χ3v) is 4.72. The Balaban J connectivity index is 1.62. The number of hydrogen-bond acceptors (Lipinski definition) is 7. The van der Waals surface area contributed by atoms with Crippen LogP contribution in [0.15, 0.2) is 71.8 Å². The summed E-state index contributed by atoms with van der Waals surface area (Å²) in [5, 5.41) is 6.76. The first-order valence-electron chi connectivity index (χ1n) is 10.4. The number of rotatable bonds is 8. The van der Waals surface area contributed by atoms with Crippen LogP contribution in [0.1, 0.15) is 22.8 Å². The van der Waals surface area contributed by atoms with E-state index in [1.807, 2.05) is 0 Å². The number of ether oxygens (including phenoxy) is 3. The van der Waals surface area contributed by atoms with Crippen molar-refractivity contribution in [2.24, 2.45) is 5.10 Å². The number of anilines is 1. The van der Waals surface area contributed by atoms with Gasteiger partial charge in [-0.1, -0.05) is 17.7 Å². The predicted molar refractivity (Wildman–Crippen MR) is 131 cm³/mol. The number of carbonyl (C=O) groups excluding carboxylic acids is 3. The molecule has 3 aromatic carbocycles. The highest BCUT2D eigenvalue weighted by molar-refractivity contribution is 6.39. The molecule has 180 valence electrons. The van der Waals surface area contributed by atoms with E-state index in [0.29, 0.717) is 39.9 Å². The average Bonchev–Trinajstić information content (AvgIpc) is 2.86. The number of carbonyl (C=O) groups is 3. The molecule has 0 aliphatic rings. The summed E-state index contributed by atoms with van der Waals surface area (Å²) in [4.78, 5) is 36.5. The third kappa shape index (κ3) is 7.31. The average molecular weight is 496 g/mol. The van der Waals surface area contributed by atoms with E-state index >= 15 is 0 Å². The highest BCUT2D eigenvalue weighted by Crippen LogP contribution is 2.29. The van der Waals surface area contributed by atoms with Crippen molar-refractivity contribution in [1.82, 2.24) is 5.43 Å². The smallest absolute Gasteiger partial charge is 0.343 e. The largest absolute Gasteiger partial charge is 0.497 e. The van der Waals surface area contributed by atoms with Crippen molar-refractivity contribution in [3.05, 3.63) is 82.9 Å². The van der Waals surface area contributed by atoms with Crippen LogP contribution in [0.3, 0.4) is 0 Å². The molecule has 2 N–H and O–H groups in total. The van der Waals surface area contributed by atoms with Crippen molar-refractivity contribution in [3.8, 4) is 17.2 Å². The number of halogens is 1. The molecule has 0 unspecified atom stereocenters. The Labute approximate surface area is 206 Å². The zero-order valence-corrected chi connectivity index (χ0v) is 19.7. The first-order chi connectivity index (χ1) is 16.9. The van der Waals surface area contributed by atoms with Crippen molar-refractivity contribution in [2.45, 2.75) is 6.92 Å². The molecule has 0 aliphatic heterocycles. The lowest BCUT2D eigenvalue weighted by Crippen LogP contribution is -2.32. The molecule has 0 fully saturated rings. The highest BCUT2D eigenvalue weighted by atomic mass is 35.5. The van der Waals surface area contributed by atoms with E-state index in [9.17, 15) is 14.4 Å². The van der Waals surface area contributed by atoms with Crippen molar-refractivity contribution < 1.29 is 28.6 Å². The van der Waals surface area contributed by atoms with Gasteiger partial charge in [-0.25, -0.2) is 10.2 Å². The zero-order valence-electron chi connectivity index (χ0n) is 18.9. The summed E-state index contributed by atoms with van der Waals surface area (Å²) < 4.78 is 16.1. The van der Waals surface area contributed by atoms with Crippen LogP contribution in [0.5, 0.6) is 17.2 Å². The van der Waals surface area contributed by atoms with Crippen LogP contribution < -0.4 is 25.0 Å². The molecule has 0 atom stereocenters. The summed E-state index contributed by atoms with van der Waals surface area (Å²) >= 11 is 5.85. The molecule has 9 nitrogen and oxygen atoms in total. The zero-order chi connectivity index (χ0) is 25.2. The van der Waals surface area contributed by atoms with Gasteiger partial charge in [0.15, 0.2) is 11.5 Å². The number of methoxy groups -OCH3 is 1. The van der Waals surface area contributed by atoms with Crippen LogP contribution >= 0.6 is 11.6 Å². The molecular formula is C25H22ClN3O6. The molecule has 0 aromatic heterocycles. The number of nitrogens with one attached hydrogen (secondary N) is 2. The summed E-state index contributed by atoms with van der Waals surface area (Å²) in [6, 6.07) is 17.6. The molecule has 0 aliphatic carbocycles. The van der Waals surface area contributed by atoms with Crippen LogP contribution in [0.4, 0.5) is 5.69 Å². The minimum absolute atomic E-state index is 0.214. The maximum absolute atomic E-state index is 12.4. The number of hydrogen-bond donors (Lipinski definition) is 2. The van der Waals surface area contributed by atoms with E-state index in [-0.39, 0.29) is 5.75 Å². The van der Waals surface area contributed by atoms with Gasteiger partial charge in [0, 0.05) is 16.8 Å². The van der Waals surface area contributed by atoms with Gasteiger partial charge in [0.1, 0.15) is 5.75 Å². The summed E-state index contributed by atoms with van der Waals surface area (Å²) in [7, 11) is 1.50. The molecule has 3 rings (SSSR count). The molecule has 2 amide bonds. The normalized spacial score (nSPS) is 10.5. The summed E-state index contributed by atoms with van der Waals surface area (Å²) in [6.45, 7) is 2.11. The Morgan fingerprint density at radius 2 is 1.74 bits per heavy atom. The molecule has 0 saturated heterocycles. The Morgan fingerprint density at radius 3 is 2.46 bits per heavy atom. The van der Waals surface area contributed by atoms with Crippen molar-refractivity contribution >= 4 is 41.3 Å². The Kier molecular flexibility index (Phi) is 8.80. The van der Waals surface area contributed by atoms with Crippen molar-refractivity contribution in [2.75, 3.05) is 19.0 Å². The summed E-state index contributed by atoms with van der Waals surface area (Å²) in [6.07, 6.45) is 1.32. The van der Waals surface area contributed by atoms with E-state index in [0.717, 1.165) is 0 Å². The molecule has 0 saturated carbocycles. The second-order valence-electron chi connectivity index (χ2n) is 6.92. The maximum Gasteiger partial charge on any atom is 0.343 e. The van der Waals surface area contributed by atoms with Gasteiger partial charge in [0.2, 0.25) is 0 Å². The predicted octanol–water partition coefficient (Wildman–Crippen LogP) is 4.06. The standard InChI is InChI=1S/C25H22ClN3O6/c1-3-34-22-13-16(7-12-21(22)35-25(32)17-8-10-18(26)11-9-17)15-27-29-24(31)23(30)28-19-5-4-6-20(14-19)33-2/h4-15H,3H2,1-2H3,(H,28,30)(H,29,31)/b27-15+. The molecule has 35 heavy (non-hydrogen) atoms. The van der Waals surface area contributed by atoms with Crippen LogP contribution in [-0.4, -0.2) is 37.7 Å². The lowest BCUT2D eigenvalue weighted by Gasteiger charge is -2.11. The van der Waals surface area contributed by atoms with Crippen LogP contribution in [-0.2, 0) is 9.59 Å². The first kappa shape index (κ1) is 25.3. The quantitative estimate of drug-likeness (QED) is 0.160. The first-order valence-corrected chi connectivity index (χ1v) is 10.8. The fourth-order valence-electron chi connectivity index (χ4n) is 2.81.